The van der Waals surface area contributed by atoms with Crippen LogP contribution in [0.25, 0.3) is 10.9 Å². The summed E-state index contributed by atoms with van der Waals surface area (Å²) in [7, 11) is 1.64. The lowest BCUT2D eigenvalue weighted by Crippen LogP contribution is -2.43. The minimum absolute atomic E-state index is 0.0144. The number of nitrogens with zero attached hydrogens (tertiary/aromatic N) is 1. The first kappa shape index (κ1) is 18.9. The molecule has 1 aliphatic heterocycles. The number of ether oxygens (including phenoxy) is 1. The summed E-state index contributed by atoms with van der Waals surface area (Å²) in [5.74, 6) is 1.27. The van der Waals surface area contributed by atoms with E-state index in [1.165, 1.54) is 16.5 Å². The second kappa shape index (κ2) is 8.27. The zero-order chi connectivity index (χ0) is 19.5. The molecular formula is C22H24BrN3O2. The minimum atomic E-state index is -0.0144. The van der Waals surface area contributed by atoms with Crippen molar-refractivity contribution in [1.29, 1.82) is 0 Å². The van der Waals surface area contributed by atoms with Crippen molar-refractivity contribution >= 4 is 32.9 Å². The third kappa shape index (κ3) is 3.87. The first-order valence-corrected chi connectivity index (χ1v) is 10.4. The van der Waals surface area contributed by atoms with Gasteiger partial charge in [0.1, 0.15) is 5.75 Å². The minimum Gasteiger partial charge on any atom is -0.496 e. The third-order valence-corrected chi connectivity index (χ3v) is 6.01. The van der Waals surface area contributed by atoms with Gasteiger partial charge in [-0.1, -0.05) is 34.1 Å². The molecule has 1 aliphatic rings. The van der Waals surface area contributed by atoms with E-state index in [4.69, 9.17) is 4.74 Å². The molecule has 28 heavy (non-hydrogen) atoms. The lowest BCUT2D eigenvalue weighted by Gasteiger charge is -2.32. The highest BCUT2D eigenvalue weighted by Crippen LogP contribution is 2.33. The van der Waals surface area contributed by atoms with Crippen molar-refractivity contribution in [3.05, 3.63) is 64.3 Å². The number of carbonyl (C=O) groups excluding carboxylic acids is 1. The first-order valence-electron chi connectivity index (χ1n) is 9.57. The number of amides is 2. The number of piperidine rings is 1. The standard InChI is InChI=1S/C22H24BrN3O2/c1-28-21-7-6-17(23)12-16(21)13-25-22(27)26-10-8-15(9-11-26)19-14-24-20-5-3-2-4-18(19)20/h2-7,12,14-15,24H,8-11,13H2,1H3,(H,25,27). The third-order valence-electron chi connectivity index (χ3n) is 5.52. The molecule has 1 aromatic heterocycles. The predicted molar refractivity (Wildman–Crippen MR) is 115 cm³/mol. The van der Waals surface area contributed by atoms with Crippen LogP contribution in [-0.2, 0) is 6.54 Å². The highest BCUT2D eigenvalue weighted by molar-refractivity contribution is 9.10. The topological polar surface area (TPSA) is 57.4 Å². The van der Waals surface area contributed by atoms with Crippen molar-refractivity contribution in [3.8, 4) is 5.75 Å². The van der Waals surface area contributed by atoms with Gasteiger partial charge in [-0.05, 0) is 48.6 Å². The van der Waals surface area contributed by atoms with E-state index in [0.29, 0.717) is 12.5 Å². The van der Waals surface area contributed by atoms with Crippen LogP contribution in [0.1, 0.15) is 29.9 Å². The van der Waals surface area contributed by atoms with Crippen LogP contribution in [0.3, 0.4) is 0 Å². The fourth-order valence-corrected chi connectivity index (χ4v) is 4.40. The molecule has 6 heteroatoms. The second-order valence-electron chi connectivity index (χ2n) is 7.17. The number of halogens is 1. The Morgan fingerprint density at radius 1 is 1.25 bits per heavy atom. The van der Waals surface area contributed by atoms with Crippen molar-refractivity contribution in [2.24, 2.45) is 0 Å². The molecule has 0 unspecified atom stereocenters. The van der Waals surface area contributed by atoms with E-state index in [2.05, 4.69) is 56.7 Å². The Morgan fingerprint density at radius 2 is 2.04 bits per heavy atom. The number of H-pyrrole nitrogens is 1. The van der Waals surface area contributed by atoms with Gasteiger partial charge in [-0.2, -0.15) is 0 Å². The molecule has 2 aromatic carbocycles. The Hall–Kier alpha value is -2.47. The summed E-state index contributed by atoms with van der Waals surface area (Å²) in [4.78, 5) is 17.9. The first-order chi connectivity index (χ1) is 13.7. The van der Waals surface area contributed by atoms with Gasteiger partial charge in [-0.3, -0.25) is 0 Å². The molecule has 0 spiro atoms. The van der Waals surface area contributed by atoms with Crippen LogP contribution in [0.2, 0.25) is 0 Å². The average molecular weight is 442 g/mol. The monoisotopic (exact) mass is 441 g/mol. The number of nitrogens with one attached hydrogen (secondary N) is 2. The van der Waals surface area contributed by atoms with E-state index in [0.717, 1.165) is 41.7 Å². The summed E-state index contributed by atoms with van der Waals surface area (Å²) in [5.41, 5.74) is 3.51. The molecule has 0 radical (unpaired) electrons. The van der Waals surface area contributed by atoms with Gasteiger partial charge >= 0.3 is 6.03 Å². The van der Waals surface area contributed by atoms with Gasteiger partial charge < -0.3 is 19.9 Å². The molecule has 2 N–H and O–H groups in total. The molecular weight excluding hydrogens is 418 g/mol. The Balaban J connectivity index is 1.35. The number of rotatable bonds is 4. The molecule has 0 atom stereocenters. The van der Waals surface area contributed by atoms with E-state index in [1.54, 1.807) is 7.11 Å². The van der Waals surface area contributed by atoms with Crippen LogP contribution in [0.5, 0.6) is 5.75 Å². The molecule has 0 saturated carbocycles. The highest BCUT2D eigenvalue weighted by Gasteiger charge is 2.25. The maximum Gasteiger partial charge on any atom is 0.317 e. The summed E-state index contributed by atoms with van der Waals surface area (Å²) >= 11 is 3.47. The second-order valence-corrected chi connectivity index (χ2v) is 8.08. The SMILES string of the molecule is COc1ccc(Br)cc1CNC(=O)N1CCC(c2c[nH]c3ccccc23)CC1. The van der Waals surface area contributed by atoms with Gasteiger partial charge in [0.2, 0.25) is 0 Å². The number of carbonyl (C=O) groups is 1. The average Bonchev–Trinajstić information content (AvgIpc) is 3.16. The van der Waals surface area contributed by atoms with Crippen molar-refractivity contribution < 1.29 is 9.53 Å². The Bertz CT molecular complexity index is 977. The number of methoxy groups -OCH3 is 1. The summed E-state index contributed by atoms with van der Waals surface area (Å²) in [5, 5.41) is 4.33. The predicted octanol–water partition coefficient (Wildman–Crippen LogP) is 5.03. The van der Waals surface area contributed by atoms with Gasteiger partial charge in [-0.15, -0.1) is 0 Å². The molecule has 3 aromatic rings. The van der Waals surface area contributed by atoms with Crippen LogP contribution in [0.4, 0.5) is 4.79 Å². The normalized spacial score (nSPS) is 15.0. The van der Waals surface area contributed by atoms with Crippen molar-refractivity contribution in [2.45, 2.75) is 25.3 Å². The van der Waals surface area contributed by atoms with Crippen molar-refractivity contribution in [3.63, 3.8) is 0 Å². The van der Waals surface area contributed by atoms with E-state index in [-0.39, 0.29) is 6.03 Å². The van der Waals surface area contributed by atoms with Crippen LogP contribution in [-0.4, -0.2) is 36.1 Å². The lowest BCUT2D eigenvalue weighted by molar-refractivity contribution is 0.181. The summed E-state index contributed by atoms with van der Waals surface area (Å²) < 4.78 is 6.35. The fraction of sp³-hybridized carbons (Fsp3) is 0.318. The van der Waals surface area contributed by atoms with Crippen LogP contribution < -0.4 is 10.1 Å². The molecule has 1 fully saturated rings. The van der Waals surface area contributed by atoms with Crippen molar-refractivity contribution in [2.75, 3.05) is 20.2 Å². The summed E-state index contributed by atoms with van der Waals surface area (Å²) in [6.45, 7) is 1.99. The Morgan fingerprint density at radius 3 is 2.82 bits per heavy atom. The Kier molecular flexibility index (Phi) is 5.57. The lowest BCUT2D eigenvalue weighted by atomic mass is 9.89. The highest BCUT2D eigenvalue weighted by atomic mass is 79.9. The number of para-hydroxylation sites is 1. The number of aromatic nitrogens is 1. The number of urea groups is 1. The fourth-order valence-electron chi connectivity index (χ4n) is 3.99. The van der Waals surface area contributed by atoms with Gasteiger partial charge in [0.05, 0.1) is 7.11 Å². The molecule has 146 valence electrons. The number of likely N-dealkylation sites (tertiary alicyclic amines) is 1. The molecule has 2 amide bonds. The molecule has 2 heterocycles. The van der Waals surface area contributed by atoms with Gasteiger partial charge in [0.25, 0.3) is 0 Å². The number of benzene rings is 2. The van der Waals surface area contributed by atoms with E-state index in [9.17, 15) is 4.79 Å². The largest absolute Gasteiger partial charge is 0.496 e. The number of hydrogen-bond donors (Lipinski definition) is 2. The zero-order valence-corrected chi connectivity index (χ0v) is 17.5. The molecule has 4 rings (SSSR count). The smallest absolute Gasteiger partial charge is 0.317 e. The van der Waals surface area contributed by atoms with Gasteiger partial charge in [-0.25, -0.2) is 4.79 Å². The van der Waals surface area contributed by atoms with Gasteiger partial charge in [0, 0.05) is 46.8 Å². The quantitative estimate of drug-likeness (QED) is 0.596. The molecule has 0 bridgehead atoms. The molecule has 1 saturated heterocycles. The van der Waals surface area contributed by atoms with Crippen LogP contribution in [0.15, 0.2) is 53.1 Å². The Labute approximate surface area is 173 Å². The van der Waals surface area contributed by atoms with E-state index >= 15 is 0 Å². The summed E-state index contributed by atoms with van der Waals surface area (Å²) in [6, 6.07) is 14.2. The number of fused-ring (bicyclic) bond motifs is 1. The van der Waals surface area contributed by atoms with E-state index < -0.39 is 0 Å². The zero-order valence-electron chi connectivity index (χ0n) is 15.9. The van der Waals surface area contributed by atoms with Crippen LogP contribution >= 0.6 is 15.9 Å². The molecule has 5 nitrogen and oxygen atoms in total. The maximum atomic E-state index is 12.6. The summed E-state index contributed by atoms with van der Waals surface area (Å²) in [6.07, 6.45) is 4.09. The number of aromatic amines is 1. The van der Waals surface area contributed by atoms with Crippen molar-refractivity contribution in [1.82, 2.24) is 15.2 Å². The molecule has 0 aliphatic carbocycles. The number of hydrogen-bond acceptors (Lipinski definition) is 2. The van der Waals surface area contributed by atoms with Gasteiger partial charge in [0.15, 0.2) is 0 Å². The van der Waals surface area contributed by atoms with E-state index in [1.807, 2.05) is 23.1 Å². The van der Waals surface area contributed by atoms with Crippen LogP contribution in [0, 0.1) is 0 Å². The maximum absolute atomic E-state index is 12.6.